The highest BCUT2D eigenvalue weighted by Crippen LogP contribution is 2.29. The van der Waals surface area contributed by atoms with Gasteiger partial charge in [-0.05, 0) is 37.8 Å². The van der Waals surface area contributed by atoms with Gasteiger partial charge < -0.3 is 10.2 Å². The van der Waals surface area contributed by atoms with Crippen LogP contribution < -0.4 is 5.32 Å². The van der Waals surface area contributed by atoms with Gasteiger partial charge in [0, 0.05) is 36.4 Å². The smallest absolute Gasteiger partial charge is 0.270 e. The molecular weight excluding hydrogens is 262 g/mol. The van der Waals surface area contributed by atoms with Crippen molar-refractivity contribution in [3.05, 3.63) is 29.0 Å². The molecule has 0 aromatic carbocycles. The predicted molar refractivity (Wildman–Crippen MR) is 74.3 cm³/mol. The van der Waals surface area contributed by atoms with Gasteiger partial charge in [0.05, 0.1) is 0 Å². The molecule has 5 heteroatoms. The molecule has 2 heterocycles. The Morgan fingerprint density at radius 3 is 2.68 bits per heavy atom. The standard InChI is InChI=1S/C14H18ClN3O/c15-10-3-6-16-13(9-10)14(19)17-11-4-7-18(8-5-11)12-1-2-12/h3,6,9,11-12H,1-2,4-5,7-8H2,(H,17,19). The largest absolute Gasteiger partial charge is 0.348 e. The fraction of sp³-hybridized carbons (Fsp3) is 0.571. The second-order valence-electron chi connectivity index (χ2n) is 5.37. The highest BCUT2D eigenvalue weighted by Gasteiger charge is 2.32. The maximum Gasteiger partial charge on any atom is 0.270 e. The zero-order chi connectivity index (χ0) is 13.2. The second-order valence-corrected chi connectivity index (χ2v) is 5.81. The van der Waals surface area contributed by atoms with E-state index in [0.29, 0.717) is 10.7 Å². The van der Waals surface area contributed by atoms with Crippen LogP contribution >= 0.6 is 11.6 Å². The minimum Gasteiger partial charge on any atom is -0.348 e. The molecule has 0 spiro atoms. The number of pyridine rings is 1. The number of likely N-dealkylation sites (tertiary alicyclic amines) is 1. The van der Waals surface area contributed by atoms with E-state index in [4.69, 9.17) is 11.6 Å². The molecule has 19 heavy (non-hydrogen) atoms. The molecule has 2 aliphatic rings. The summed E-state index contributed by atoms with van der Waals surface area (Å²) in [7, 11) is 0. The lowest BCUT2D eigenvalue weighted by Gasteiger charge is -2.32. The summed E-state index contributed by atoms with van der Waals surface area (Å²) in [6.45, 7) is 2.19. The van der Waals surface area contributed by atoms with E-state index in [1.165, 1.54) is 12.8 Å². The van der Waals surface area contributed by atoms with Crippen molar-refractivity contribution in [1.82, 2.24) is 15.2 Å². The number of nitrogens with one attached hydrogen (secondary N) is 1. The van der Waals surface area contributed by atoms with Crippen molar-refractivity contribution in [3.63, 3.8) is 0 Å². The van der Waals surface area contributed by atoms with E-state index in [1.54, 1.807) is 18.3 Å². The van der Waals surface area contributed by atoms with Gasteiger partial charge in [-0.3, -0.25) is 9.78 Å². The number of amides is 1. The first-order chi connectivity index (χ1) is 9.22. The van der Waals surface area contributed by atoms with Crippen LogP contribution in [0.2, 0.25) is 5.02 Å². The van der Waals surface area contributed by atoms with Crippen molar-refractivity contribution in [2.75, 3.05) is 13.1 Å². The van der Waals surface area contributed by atoms with E-state index in [0.717, 1.165) is 32.0 Å². The molecule has 1 N–H and O–H groups in total. The van der Waals surface area contributed by atoms with E-state index in [2.05, 4.69) is 15.2 Å². The van der Waals surface area contributed by atoms with E-state index in [9.17, 15) is 4.79 Å². The maximum atomic E-state index is 12.0. The third-order valence-corrected chi connectivity index (χ3v) is 4.12. The first-order valence-electron chi connectivity index (χ1n) is 6.89. The Bertz CT molecular complexity index is 468. The molecule has 4 nitrogen and oxygen atoms in total. The average molecular weight is 280 g/mol. The number of piperidine rings is 1. The van der Waals surface area contributed by atoms with Gasteiger partial charge in [0.2, 0.25) is 0 Å². The molecule has 1 amide bonds. The summed E-state index contributed by atoms with van der Waals surface area (Å²) >= 11 is 5.87. The van der Waals surface area contributed by atoms with E-state index >= 15 is 0 Å². The average Bonchev–Trinajstić information content (AvgIpc) is 3.24. The summed E-state index contributed by atoms with van der Waals surface area (Å²) in [6, 6.07) is 4.37. The number of hydrogen-bond donors (Lipinski definition) is 1. The summed E-state index contributed by atoms with van der Waals surface area (Å²) < 4.78 is 0. The summed E-state index contributed by atoms with van der Waals surface area (Å²) in [6.07, 6.45) is 6.32. The van der Waals surface area contributed by atoms with Crippen LogP contribution in [0.3, 0.4) is 0 Å². The van der Waals surface area contributed by atoms with Crippen molar-refractivity contribution < 1.29 is 4.79 Å². The maximum absolute atomic E-state index is 12.0. The number of hydrogen-bond acceptors (Lipinski definition) is 3. The molecule has 1 saturated carbocycles. The molecule has 102 valence electrons. The Balaban J connectivity index is 1.52. The topological polar surface area (TPSA) is 45.2 Å². The fourth-order valence-electron chi connectivity index (χ4n) is 2.64. The summed E-state index contributed by atoms with van der Waals surface area (Å²) in [5, 5.41) is 3.60. The number of carbonyl (C=O) groups excluding carboxylic acids is 1. The van der Waals surface area contributed by atoms with Gasteiger partial charge in [0.25, 0.3) is 5.91 Å². The first kappa shape index (κ1) is 12.9. The van der Waals surface area contributed by atoms with Gasteiger partial charge in [0.15, 0.2) is 0 Å². The SMILES string of the molecule is O=C(NC1CCN(C2CC2)CC1)c1cc(Cl)ccn1. The van der Waals surface area contributed by atoms with Crippen molar-refractivity contribution in [2.45, 2.75) is 37.8 Å². The van der Waals surface area contributed by atoms with Gasteiger partial charge >= 0.3 is 0 Å². The van der Waals surface area contributed by atoms with Crippen LogP contribution in [0.15, 0.2) is 18.3 Å². The molecule has 0 atom stereocenters. The molecular formula is C14H18ClN3O. The van der Waals surface area contributed by atoms with Crippen molar-refractivity contribution in [3.8, 4) is 0 Å². The predicted octanol–water partition coefficient (Wildman–Crippen LogP) is 2.09. The summed E-state index contributed by atoms with van der Waals surface area (Å²) in [4.78, 5) is 18.6. The molecule has 1 saturated heterocycles. The lowest BCUT2D eigenvalue weighted by Crippen LogP contribution is -2.45. The van der Waals surface area contributed by atoms with Crippen molar-refractivity contribution >= 4 is 17.5 Å². The third-order valence-electron chi connectivity index (χ3n) is 3.88. The lowest BCUT2D eigenvalue weighted by molar-refractivity contribution is 0.0904. The normalized spacial score (nSPS) is 21.3. The molecule has 1 aromatic rings. The van der Waals surface area contributed by atoms with Crippen LogP contribution in [0, 0.1) is 0 Å². The molecule has 0 radical (unpaired) electrons. The first-order valence-corrected chi connectivity index (χ1v) is 7.26. The summed E-state index contributed by atoms with van der Waals surface area (Å²) in [5.41, 5.74) is 0.400. The number of halogens is 1. The zero-order valence-electron chi connectivity index (χ0n) is 10.8. The summed E-state index contributed by atoms with van der Waals surface area (Å²) in [5.74, 6) is -0.118. The Kier molecular flexibility index (Phi) is 3.71. The molecule has 1 aliphatic heterocycles. The number of carbonyl (C=O) groups is 1. The van der Waals surface area contributed by atoms with Crippen LogP contribution in [-0.2, 0) is 0 Å². The van der Waals surface area contributed by atoms with E-state index in [1.807, 2.05) is 0 Å². The van der Waals surface area contributed by atoms with E-state index in [-0.39, 0.29) is 11.9 Å². The minimum atomic E-state index is -0.118. The molecule has 0 unspecified atom stereocenters. The lowest BCUT2D eigenvalue weighted by atomic mass is 10.0. The number of rotatable bonds is 3. The highest BCUT2D eigenvalue weighted by atomic mass is 35.5. The van der Waals surface area contributed by atoms with Gasteiger partial charge in [-0.2, -0.15) is 0 Å². The van der Waals surface area contributed by atoms with Crippen LogP contribution in [0.25, 0.3) is 0 Å². The van der Waals surface area contributed by atoms with Crippen LogP contribution in [0.5, 0.6) is 0 Å². The number of aromatic nitrogens is 1. The van der Waals surface area contributed by atoms with Crippen LogP contribution in [-0.4, -0.2) is 41.0 Å². The molecule has 2 fully saturated rings. The van der Waals surface area contributed by atoms with Crippen molar-refractivity contribution in [2.24, 2.45) is 0 Å². The molecule has 1 aliphatic carbocycles. The van der Waals surface area contributed by atoms with Crippen LogP contribution in [0.4, 0.5) is 0 Å². The fourth-order valence-corrected chi connectivity index (χ4v) is 2.80. The quantitative estimate of drug-likeness (QED) is 0.922. The molecule has 0 bridgehead atoms. The minimum absolute atomic E-state index is 0.118. The Labute approximate surface area is 118 Å². The van der Waals surface area contributed by atoms with Gasteiger partial charge in [-0.1, -0.05) is 11.6 Å². The Hall–Kier alpha value is -1.13. The van der Waals surface area contributed by atoms with Crippen LogP contribution in [0.1, 0.15) is 36.2 Å². The zero-order valence-corrected chi connectivity index (χ0v) is 11.6. The van der Waals surface area contributed by atoms with Gasteiger partial charge in [-0.15, -0.1) is 0 Å². The highest BCUT2D eigenvalue weighted by molar-refractivity contribution is 6.30. The Morgan fingerprint density at radius 1 is 1.32 bits per heavy atom. The van der Waals surface area contributed by atoms with Gasteiger partial charge in [0.1, 0.15) is 5.69 Å². The van der Waals surface area contributed by atoms with Gasteiger partial charge in [-0.25, -0.2) is 0 Å². The van der Waals surface area contributed by atoms with E-state index < -0.39 is 0 Å². The third kappa shape index (κ3) is 3.25. The monoisotopic (exact) mass is 279 g/mol. The molecule has 3 rings (SSSR count). The number of nitrogens with zero attached hydrogens (tertiary/aromatic N) is 2. The Morgan fingerprint density at radius 2 is 2.05 bits per heavy atom. The molecule has 1 aromatic heterocycles. The second kappa shape index (κ2) is 5.47. The van der Waals surface area contributed by atoms with Crippen molar-refractivity contribution in [1.29, 1.82) is 0 Å².